The molecule has 0 saturated carbocycles. The molecule has 2 aromatic carbocycles. The van der Waals surface area contributed by atoms with Gasteiger partial charge in [0, 0.05) is 22.2 Å². The van der Waals surface area contributed by atoms with E-state index >= 15 is 0 Å². The van der Waals surface area contributed by atoms with E-state index in [1.54, 1.807) is 43.5 Å². The number of methoxy groups -OCH3 is 1. The van der Waals surface area contributed by atoms with Gasteiger partial charge in [-0.3, -0.25) is 14.5 Å². The number of benzene rings is 2. The van der Waals surface area contributed by atoms with Crippen molar-refractivity contribution in [2.75, 3.05) is 18.6 Å². The van der Waals surface area contributed by atoms with Crippen LogP contribution in [0.3, 0.4) is 0 Å². The predicted molar refractivity (Wildman–Crippen MR) is 139 cm³/mol. The van der Waals surface area contributed by atoms with E-state index in [2.05, 4.69) is 0 Å². The molecule has 3 aromatic rings. The number of Topliss-reactive ketones (excluding diaryl/α,β-unsaturated/α-hetero) is 1. The summed E-state index contributed by atoms with van der Waals surface area (Å²) < 4.78 is 11.1. The Morgan fingerprint density at radius 3 is 2.54 bits per heavy atom. The van der Waals surface area contributed by atoms with Gasteiger partial charge in [-0.05, 0) is 72.7 Å². The zero-order valence-electron chi connectivity index (χ0n) is 20.5. The topological polar surface area (TPSA) is 76.1 Å². The SMILES string of the molecule is CCOc1ccc(/C(O)=C2/C(=O)C(=O)N(c3cccc(OC)c3)C2c2sccc2C)cc1C(C)C. The van der Waals surface area contributed by atoms with Gasteiger partial charge < -0.3 is 14.6 Å². The molecule has 1 aliphatic heterocycles. The van der Waals surface area contributed by atoms with Gasteiger partial charge in [-0.25, -0.2) is 0 Å². The van der Waals surface area contributed by atoms with E-state index < -0.39 is 17.7 Å². The highest BCUT2D eigenvalue weighted by molar-refractivity contribution is 7.10. The summed E-state index contributed by atoms with van der Waals surface area (Å²) in [4.78, 5) is 29.0. The van der Waals surface area contributed by atoms with E-state index in [1.165, 1.54) is 16.2 Å². The van der Waals surface area contributed by atoms with Gasteiger partial charge in [-0.1, -0.05) is 19.9 Å². The number of ether oxygens (including phenoxy) is 2. The van der Waals surface area contributed by atoms with Crippen LogP contribution in [0, 0.1) is 6.92 Å². The summed E-state index contributed by atoms with van der Waals surface area (Å²) in [5.41, 5.74) is 2.93. The van der Waals surface area contributed by atoms with Crippen molar-refractivity contribution in [3.05, 3.63) is 81.1 Å². The maximum absolute atomic E-state index is 13.4. The Morgan fingerprint density at radius 1 is 1.14 bits per heavy atom. The van der Waals surface area contributed by atoms with E-state index in [4.69, 9.17) is 9.47 Å². The van der Waals surface area contributed by atoms with Crippen LogP contribution in [-0.4, -0.2) is 30.5 Å². The summed E-state index contributed by atoms with van der Waals surface area (Å²) in [7, 11) is 1.55. The molecule has 4 rings (SSSR count). The van der Waals surface area contributed by atoms with E-state index in [1.807, 2.05) is 45.2 Å². The molecule has 1 N–H and O–H groups in total. The lowest BCUT2D eigenvalue weighted by Crippen LogP contribution is -2.29. The molecule has 0 radical (unpaired) electrons. The van der Waals surface area contributed by atoms with E-state index in [0.717, 1.165) is 21.8 Å². The van der Waals surface area contributed by atoms with Gasteiger partial charge >= 0.3 is 0 Å². The number of amides is 1. The summed E-state index contributed by atoms with van der Waals surface area (Å²) >= 11 is 1.45. The van der Waals surface area contributed by atoms with Crippen molar-refractivity contribution in [2.24, 2.45) is 0 Å². The fraction of sp³-hybridized carbons (Fsp3) is 0.286. The summed E-state index contributed by atoms with van der Waals surface area (Å²) in [5.74, 6) is -0.160. The van der Waals surface area contributed by atoms with Crippen molar-refractivity contribution in [3.8, 4) is 11.5 Å². The normalized spacial score (nSPS) is 17.3. The highest BCUT2D eigenvalue weighted by Gasteiger charge is 2.48. The van der Waals surface area contributed by atoms with Crippen molar-refractivity contribution in [1.29, 1.82) is 0 Å². The van der Waals surface area contributed by atoms with Gasteiger partial charge in [0.25, 0.3) is 11.7 Å². The van der Waals surface area contributed by atoms with Crippen LogP contribution < -0.4 is 14.4 Å². The first-order valence-electron chi connectivity index (χ1n) is 11.5. The smallest absolute Gasteiger partial charge is 0.300 e. The standard InChI is InChI=1S/C28H29NO5S/c1-6-34-22-11-10-18(14-21(22)16(2)3)25(30)23-24(27-17(4)12-13-35-27)29(28(32)26(23)31)19-8-7-9-20(15-19)33-5/h7-16,24,30H,6H2,1-5H3/b25-23-. The lowest BCUT2D eigenvalue weighted by atomic mass is 9.94. The average molecular weight is 492 g/mol. The number of rotatable bonds is 7. The number of thiophene rings is 1. The molecule has 0 spiro atoms. The molecule has 1 unspecified atom stereocenters. The van der Waals surface area contributed by atoms with Crippen LogP contribution in [0.15, 0.2) is 59.5 Å². The van der Waals surface area contributed by atoms with Gasteiger partial charge in [0.15, 0.2) is 0 Å². The summed E-state index contributed by atoms with van der Waals surface area (Å²) in [6, 6.07) is 13.6. The Bertz CT molecular complexity index is 1310. The number of ketones is 1. The Balaban J connectivity index is 1.93. The number of carbonyl (C=O) groups excluding carboxylic acids is 2. The van der Waals surface area contributed by atoms with Crippen LogP contribution in [0.4, 0.5) is 5.69 Å². The monoisotopic (exact) mass is 491 g/mol. The quantitative estimate of drug-likeness (QED) is 0.241. The van der Waals surface area contributed by atoms with Gasteiger partial charge in [0.2, 0.25) is 0 Å². The molecule has 6 nitrogen and oxygen atoms in total. The molecule has 1 aliphatic rings. The van der Waals surface area contributed by atoms with Crippen LogP contribution in [-0.2, 0) is 9.59 Å². The minimum absolute atomic E-state index is 0.0715. The molecule has 35 heavy (non-hydrogen) atoms. The molecule has 2 heterocycles. The zero-order valence-corrected chi connectivity index (χ0v) is 21.3. The number of anilines is 1. The summed E-state index contributed by atoms with van der Waals surface area (Å²) in [6.45, 7) is 8.46. The lowest BCUT2D eigenvalue weighted by molar-refractivity contribution is -0.132. The maximum Gasteiger partial charge on any atom is 0.300 e. The second-order valence-electron chi connectivity index (χ2n) is 8.68. The third-order valence-corrected chi connectivity index (χ3v) is 7.20. The van der Waals surface area contributed by atoms with Gasteiger partial charge in [0.05, 0.1) is 19.3 Å². The summed E-state index contributed by atoms with van der Waals surface area (Å²) in [6.07, 6.45) is 0. The molecule has 0 aliphatic carbocycles. The molecular formula is C28H29NO5S. The minimum Gasteiger partial charge on any atom is -0.507 e. The molecule has 0 bridgehead atoms. The van der Waals surface area contributed by atoms with Crippen molar-refractivity contribution in [2.45, 2.75) is 39.7 Å². The Morgan fingerprint density at radius 2 is 1.91 bits per heavy atom. The Hall–Kier alpha value is -3.58. The van der Waals surface area contributed by atoms with Gasteiger partial charge in [-0.15, -0.1) is 11.3 Å². The second kappa shape index (κ2) is 9.96. The first kappa shape index (κ1) is 24.5. The first-order valence-corrected chi connectivity index (χ1v) is 12.4. The van der Waals surface area contributed by atoms with Crippen LogP contribution in [0.5, 0.6) is 11.5 Å². The van der Waals surface area contributed by atoms with E-state index in [-0.39, 0.29) is 17.3 Å². The average Bonchev–Trinajstić information content (AvgIpc) is 3.39. The molecule has 182 valence electrons. The van der Waals surface area contributed by atoms with Crippen LogP contribution in [0.25, 0.3) is 5.76 Å². The van der Waals surface area contributed by atoms with Crippen LogP contribution in [0.1, 0.15) is 54.3 Å². The molecule has 1 fully saturated rings. The van der Waals surface area contributed by atoms with Crippen LogP contribution in [0.2, 0.25) is 0 Å². The zero-order chi connectivity index (χ0) is 25.3. The predicted octanol–water partition coefficient (Wildman–Crippen LogP) is 6.21. The molecule has 1 aromatic heterocycles. The highest BCUT2D eigenvalue weighted by atomic mass is 32.1. The van der Waals surface area contributed by atoms with Gasteiger partial charge in [-0.2, -0.15) is 0 Å². The Kier molecular flexibility index (Phi) is 6.98. The van der Waals surface area contributed by atoms with Crippen molar-refractivity contribution < 1.29 is 24.2 Å². The number of carbonyl (C=O) groups is 2. The van der Waals surface area contributed by atoms with Crippen molar-refractivity contribution in [1.82, 2.24) is 0 Å². The number of aliphatic hydroxyl groups excluding tert-OH is 1. The third-order valence-electron chi connectivity index (χ3n) is 6.13. The first-order chi connectivity index (χ1) is 16.8. The third kappa shape index (κ3) is 4.44. The summed E-state index contributed by atoms with van der Waals surface area (Å²) in [5, 5.41) is 13.4. The maximum atomic E-state index is 13.4. The number of hydrogen-bond donors (Lipinski definition) is 1. The molecule has 7 heteroatoms. The van der Waals surface area contributed by atoms with Crippen LogP contribution >= 0.6 is 11.3 Å². The fourth-order valence-electron chi connectivity index (χ4n) is 4.36. The molecule has 1 amide bonds. The minimum atomic E-state index is -0.754. The largest absolute Gasteiger partial charge is 0.507 e. The number of hydrogen-bond acceptors (Lipinski definition) is 6. The van der Waals surface area contributed by atoms with E-state index in [9.17, 15) is 14.7 Å². The second-order valence-corrected chi connectivity index (χ2v) is 9.63. The lowest BCUT2D eigenvalue weighted by Gasteiger charge is -2.25. The Labute approximate surface area is 209 Å². The number of aliphatic hydroxyl groups is 1. The number of nitrogens with zero attached hydrogens (tertiary/aromatic N) is 1. The van der Waals surface area contributed by atoms with Crippen molar-refractivity contribution >= 4 is 34.5 Å². The molecule has 1 atom stereocenters. The molecular weight excluding hydrogens is 462 g/mol. The van der Waals surface area contributed by atoms with Crippen molar-refractivity contribution in [3.63, 3.8) is 0 Å². The van der Waals surface area contributed by atoms with Gasteiger partial charge in [0.1, 0.15) is 23.3 Å². The molecule has 1 saturated heterocycles. The fourth-order valence-corrected chi connectivity index (χ4v) is 5.39. The van der Waals surface area contributed by atoms with E-state index in [0.29, 0.717) is 23.6 Å². The highest BCUT2D eigenvalue weighted by Crippen LogP contribution is 2.45. The number of aryl methyl sites for hydroxylation is 1.